The number of likely N-dealkylation sites (N-methyl/N-ethyl adjacent to an activating group) is 1. The highest BCUT2D eigenvalue weighted by molar-refractivity contribution is 7.89. The van der Waals surface area contributed by atoms with Gasteiger partial charge in [0.25, 0.3) is 0 Å². The molecular formula is C30H34F2N2O6S. The molecule has 8 nitrogen and oxygen atoms in total. The van der Waals surface area contributed by atoms with Crippen LogP contribution in [0.1, 0.15) is 48.1 Å². The molecule has 1 aliphatic rings. The van der Waals surface area contributed by atoms with Crippen LogP contribution in [-0.4, -0.2) is 50.0 Å². The molecule has 3 aromatic rings. The molecule has 1 saturated carbocycles. The minimum absolute atomic E-state index is 0.0498. The maximum Gasteiger partial charge on any atom is 0.387 e. The third-order valence-electron chi connectivity index (χ3n) is 7.17. The fourth-order valence-corrected chi connectivity index (χ4v) is 5.68. The van der Waals surface area contributed by atoms with Crippen molar-refractivity contribution in [2.24, 2.45) is 5.92 Å². The number of hydrogen-bond acceptors (Lipinski definition) is 7. The van der Waals surface area contributed by atoms with Gasteiger partial charge in [0.2, 0.25) is 10.0 Å². The predicted octanol–water partition coefficient (Wildman–Crippen LogP) is 5.62. The van der Waals surface area contributed by atoms with E-state index in [0.717, 1.165) is 33.8 Å². The summed E-state index contributed by atoms with van der Waals surface area (Å²) in [6, 6.07) is 11.1. The lowest BCUT2D eigenvalue weighted by Crippen LogP contribution is -2.41. The van der Waals surface area contributed by atoms with Crippen molar-refractivity contribution in [3.05, 3.63) is 83.2 Å². The van der Waals surface area contributed by atoms with Gasteiger partial charge in [-0.1, -0.05) is 24.3 Å². The average Bonchev–Trinajstić information content (AvgIpc) is 3.78. The number of ether oxygens (including phenoxy) is 3. The Kier molecular flexibility index (Phi) is 9.60. The number of aryl methyl sites for hydroxylation is 2. The Bertz CT molecular complexity index is 1440. The molecule has 220 valence electrons. The average molecular weight is 589 g/mol. The molecule has 0 bridgehead atoms. The molecule has 1 aromatic heterocycles. The fraction of sp³-hybridized carbons (Fsp3) is 0.400. The van der Waals surface area contributed by atoms with E-state index in [4.69, 9.17) is 9.47 Å². The lowest BCUT2D eigenvalue weighted by Gasteiger charge is -2.27. The van der Waals surface area contributed by atoms with Crippen molar-refractivity contribution in [1.82, 2.24) is 9.29 Å². The van der Waals surface area contributed by atoms with Crippen LogP contribution in [0.25, 0.3) is 0 Å². The highest BCUT2D eigenvalue weighted by Gasteiger charge is 2.33. The van der Waals surface area contributed by atoms with Crippen molar-refractivity contribution in [3.8, 4) is 11.5 Å². The van der Waals surface area contributed by atoms with Crippen molar-refractivity contribution in [2.45, 2.75) is 63.7 Å². The molecule has 0 unspecified atom stereocenters. The summed E-state index contributed by atoms with van der Waals surface area (Å²) in [5, 5.41) is 0. The third kappa shape index (κ3) is 7.59. The van der Waals surface area contributed by atoms with E-state index in [1.54, 1.807) is 42.7 Å². The summed E-state index contributed by atoms with van der Waals surface area (Å²) in [6.45, 7) is 2.55. The van der Waals surface area contributed by atoms with Crippen LogP contribution in [0.4, 0.5) is 8.78 Å². The second-order valence-electron chi connectivity index (χ2n) is 10.2. The third-order valence-corrected chi connectivity index (χ3v) is 9.11. The Morgan fingerprint density at radius 3 is 2.32 bits per heavy atom. The molecule has 0 saturated heterocycles. The van der Waals surface area contributed by atoms with Crippen LogP contribution in [0.5, 0.6) is 11.5 Å². The molecule has 1 aliphatic carbocycles. The molecule has 4 rings (SSSR count). The van der Waals surface area contributed by atoms with Crippen molar-refractivity contribution in [1.29, 1.82) is 0 Å². The summed E-state index contributed by atoms with van der Waals surface area (Å²) in [7, 11) is -2.65. The lowest BCUT2D eigenvalue weighted by atomic mass is 9.96. The van der Waals surface area contributed by atoms with E-state index < -0.39 is 34.7 Å². The van der Waals surface area contributed by atoms with E-state index >= 15 is 0 Å². The van der Waals surface area contributed by atoms with Crippen molar-refractivity contribution in [3.63, 3.8) is 0 Å². The summed E-state index contributed by atoms with van der Waals surface area (Å²) in [5.74, 6) is -0.407. The van der Waals surface area contributed by atoms with Crippen molar-refractivity contribution < 1.29 is 36.2 Å². The Hall–Kier alpha value is -3.57. The summed E-state index contributed by atoms with van der Waals surface area (Å²) in [5.41, 5.74) is 3.14. The zero-order chi connectivity index (χ0) is 29.7. The SMILES string of the molecule is Cc1cncc(C)c1C[C@@H](OC(=O)[C@H](C)N(C)S(=O)(=O)c1ccccc1)c1ccc(OC(F)F)c(OCC2CC2)c1. The molecule has 0 aliphatic heterocycles. The van der Waals surface area contributed by atoms with Crippen molar-refractivity contribution in [2.75, 3.05) is 13.7 Å². The van der Waals surface area contributed by atoms with Crippen molar-refractivity contribution >= 4 is 16.0 Å². The van der Waals surface area contributed by atoms with Crippen LogP contribution >= 0.6 is 0 Å². The molecule has 11 heteroatoms. The zero-order valence-electron chi connectivity index (χ0n) is 23.4. The van der Waals surface area contributed by atoms with Crippen LogP contribution in [0.15, 0.2) is 65.8 Å². The number of carbonyl (C=O) groups is 1. The fourth-order valence-electron chi connectivity index (χ4n) is 4.34. The number of pyridine rings is 1. The van der Waals surface area contributed by atoms with Gasteiger partial charge < -0.3 is 14.2 Å². The number of sulfonamides is 1. The quantitative estimate of drug-likeness (QED) is 0.239. The second kappa shape index (κ2) is 12.9. The van der Waals surface area contributed by atoms with Gasteiger partial charge in [-0.2, -0.15) is 13.1 Å². The first-order chi connectivity index (χ1) is 19.5. The van der Waals surface area contributed by atoms with Crippen LogP contribution in [0.3, 0.4) is 0 Å². The molecule has 0 spiro atoms. The van der Waals surface area contributed by atoms with Gasteiger partial charge >= 0.3 is 12.6 Å². The Balaban J connectivity index is 1.65. The van der Waals surface area contributed by atoms with E-state index in [1.807, 2.05) is 13.8 Å². The van der Waals surface area contributed by atoms with Gasteiger partial charge in [0, 0.05) is 25.9 Å². The normalized spacial score (nSPS) is 15.0. The van der Waals surface area contributed by atoms with E-state index in [1.165, 1.54) is 32.2 Å². The predicted molar refractivity (Wildman–Crippen MR) is 148 cm³/mol. The zero-order valence-corrected chi connectivity index (χ0v) is 24.2. The van der Waals surface area contributed by atoms with Gasteiger partial charge in [-0.3, -0.25) is 9.78 Å². The Labute approximate surface area is 239 Å². The number of halogens is 2. The summed E-state index contributed by atoms with van der Waals surface area (Å²) >= 11 is 0. The molecule has 0 radical (unpaired) electrons. The van der Waals surface area contributed by atoms with Crippen LogP contribution in [0, 0.1) is 19.8 Å². The smallest absolute Gasteiger partial charge is 0.387 e. The first kappa shape index (κ1) is 30.4. The van der Waals surface area contributed by atoms with E-state index in [-0.39, 0.29) is 22.8 Å². The number of rotatable bonds is 13. The number of esters is 1. The molecular weight excluding hydrogens is 554 g/mol. The number of benzene rings is 2. The van der Waals surface area contributed by atoms with Gasteiger partial charge in [-0.25, -0.2) is 8.42 Å². The highest BCUT2D eigenvalue weighted by Crippen LogP contribution is 2.37. The number of hydrogen-bond donors (Lipinski definition) is 0. The van der Waals surface area contributed by atoms with Gasteiger partial charge in [0.1, 0.15) is 12.1 Å². The standard InChI is InChI=1S/C30H34F2N2O6S/c1-19-16-33-17-20(2)25(19)15-27(23-12-13-26(40-30(31)32)28(14-23)38-18-22-10-11-22)39-29(35)21(3)34(4)41(36,37)24-8-6-5-7-9-24/h5-9,12-14,16-17,21-22,27,30H,10-11,15,18H2,1-4H3/t21-,27+/m0/s1. The van der Waals surface area contributed by atoms with Crippen LogP contribution in [0.2, 0.25) is 0 Å². The first-order valence-electron chi connectivity index (χ1n) is 13.3. The Morgan fingerprint density at radius 2 is 1.71 bits per heavy atom. The topological polar surface area (TPSA) is 95.0 Å². The van der Waals surface area contributed by atoms with Gasteiger partial charge in [0.05, 0.1) is 11.5 Å². The molecule has 1 heterocycles. The number of carbonyl (C=O) groups excluding carboxylic acids is 1. The van der Waals surface area contributed by atoms with Crippen LogP contribution < -0.4 is 9.47 Å². The number of nitrogens with zero attached hydrogens (tertiary/aromatic N) is 2. The summed E-state index contributed by atoms with van der Waals surface area (Å²) < 4.78 is 69.9. The van der Waals surface area contributed by atoms with E-state index in [0.29, 0.717) is 18.1 Å². The molecule has 2 atom stereocenters. The minimum Gasteiger partial charge on any atom is -0.489 e. The monoisotopic (exact) mass is 588 g/mol. The first-order valence-corrected chi connectivity index (χ1v) is 14.8. The maximum atomic E-state index is 13.4. The molecule has 0 amide bonds. The maximum absolute atomic E-state index is 13.4. The second-order valence-corrected chi connectivity index (χ2v) is 12.2. The minimum atomic E-state index is -3.97. The largest absolute Gasteiger partial charge is 0.489 e. The molecule has 0 N–H and O–H groups in total. The highest BCUT2D eigenvalue weighted by atomic mass is 32.2. The van der Waals surface area contributed by atoms with Gasteiger partial charge in [0.15, 0.2) is 11.5 Å². The van der Waals surface area contributed by atoms with Gasteiger partial charge in [-0.15, -0.1) is 0 Å². The number of alkyl halides is 2. The lowest BCUT2D eigenvalue weighted by molar-refractivity contribution is -0.153. The van der Waals surface area contributed by atoms with E-state index in [9.17, 15) is 22.0 Å². The molecule has 41 heavy (non-hydrogen) atoms. The van der Waals surface area contributed by atoms with Gasteiger partial charge in [-0.05, 0) is 86.1 Å². The Morgan fingerprint density at radius 1 is 1.05 bits per heavy atom. The van der Waals surface area contributed by atoms with E-state index in [2.05, 4.69) is 9.72 Å². The summed E-state index contributed by atoms with van der Waals surface area (Å²) in [6.07, 6.45) is 4.76. The number of aromatic nitrogens is 1. The van der Waals surface area contributed by atoms with Crippen LogP contribution in [-0.2, 0) is 26.0 Å². The summed E-state index contributed by atoms with van der Waals surface area (Å²) in [4.78, 5) is 17.7. The molecule has 1 fully saturated rings. The molecule has 2 aromatic carbocycles.